The molecular formula is C14H22N2O3. The summed E-state index contributed by atoms with van der Waals surface area (Å²) in [6.07, 6.45) is 6.18. The number of hydrogen-bond acceptors (Lipinski definition) is 3. The Morgan fingerprint density at radius 2 is 2.16 bits per heavy atom. The van der Waals surface area contributed by atoms with E-state index in [0.717, 1.165) is 36.4 Å². The Hall–Kier alpha value is -1.52. The lowest BCUT2D eigenvalue weighted by Crippen LogP contribution is -2.09. The van der Waals surface area contributed by atoms with Crippen LogP contribution in [0.4, 0.5) is 0 Å². The molecule has 1 aromatic heterocycles. The van der Waals surface area contributed by atoms with Crippen molar-refractivity contribution in [3.8, 4) is 5.88 Å². The first-order chi connectivity index (χ1) is 9.17. The maximum atomic E-state index is 10.8. The highest BCUT2D eigenvalue weighted by Gasteiger charge is 2.25. The number of aryl methyl sites for hydroxylation is 1. The highest BCUT2D eigenvalue weighted by molar-refractivity contribution is 5.67. The van der Waals surface area contributed by atoms with Gasteiger partial charge in [0.1, 0.15) is 0 Å². The molecule has 0 bridgehead atoms. The minimum atomic E-state index is -0.780. The number of aliphatic carboxylic acids is 1. The van der Waals surface area contributed by atoms with E-state index in [2.05, 4.69) is 5.10 Å². The van der Waals surface area contributed by atoms with Crippen LogP contribution in [-0.4, -0.2) is 28.0 Å². The number of nitrogens with zero attached hydrogens (tertiary/aromatic N) is 2. The van der Waals surface area contributed by atoms with Gasteiger partial charge >= 0.3 is 5.97 Å². The molecule has 0 unspecified atom stereocenters. The van der Waals surface area contributed by atoms with Crippen LogP contribution in [0.5, 0.6) is 5.88 Å². The first-order valence-corrected chi connectivity index (χ1v) is 7.03. The average Bonchev–Trinajstić information content (AvgIpc) is 3.02. The number of carbonyl (C=O) groups is 1. The third-order valence-electron chi connectivity index (χ3n) is 3.83. The number of carboxylic acid groups (broad SMARTS) is 1. The second kappa shape index (κ2) is 6.08. The van der Waals surface area contributed by atoms with Gasteiger partial charge in [0.15, 0.2) is 0 Å². The summed E-state index contributed by atoms with van der Waals surface area (Å²) in [6, 6.07) is 0.416. The van der Waals surface area contributed by atoms with E-state index in [0.29, 0.717) is 12.5 Å². The third kappa shape index (κ3) is 2.91. The molecule has 0 atom stereocenters. The maximum absolute atomic E-state index is 10.8. The van der Waals surface area contributed by atoms with Crippen LogP contribution < -0.4 is 4.74 Å². The fourth-order valence-corrected chi connectivity index (χ4v) is 2.88. The van der Waals surface area contributed by atoms with Crippen LogP contribution in [0.1, 0.15) is 56.3 Å². The van der Waals surface area contributed by atoms with Crippen molar-refractivity contribution in [3.05, 3.63) is 11.3 Å². The predicted molar refractivity (Wildman–Crippen MR) is 71.6 cm³/mol. The maximum Gasteiger partial charge on any atom is 0.303 e. The van der Waals surface area contributed by atoms with Gasteiger partial charge in [0, 0.05) is 12.0 Å². The zero-order valence-electron chi connectivity index (χ0n) is 11.7. The lowest BCUT2D eigenvalue weighted by molar-refractivity contribution is -0.136. The molecule has 1 aromatic rings. The number of ether oxygens (including phenoxy) is 1. The van der Waals surface area contributed by atoms with E-state index in [-0.39, 0.29) is 6.42 Å². The van der Waals surface area contributed by atoms with Gasteiger partial charge < -0.3 is 9.84 Å². The molecule has 106 valence electrons. The van der Waals surface area contributed by atoms with Crippen molar-refractivity contribution in [3.63, 3.8) is 0 Å². The van der Waals surface area contributed by atoms with Crippen molar-refractivity contribution in [2.45, 2.75) is 57.9 Å². The molecule has 0 spiro atoms. The van der Waals surface area contributed by atoms with Crippen LogP contribution in [0.25, 0.3) is 0 Å². The summed E-state index contributed by atoms with van der Waals surface area (Å²) in [4.78, 5) is 10.8. The molecule has 0 aromatic carbocycles. The summed E-state index contributed by atoms with van der Waals surface area (Å²) in [6.45, 7) is 2.05. The highest BCUT2D eigenvalue weighted by Crippen LogP contribution is 2.35. The molecule has 5 heteroatoms. The normalized spacial score (nSPS) is 15.9. The first-order valence-electron chi connectivity index (χ1n) is 7.03. The summed E-state index contributed by atoms with van der Waals surface area (Å²) in [5.41, 5.74) is 1.95. The van der Waals surface area contributed by atoms with Gasteiger partial charge in [-0.1, -0.05) is 19.8 Å². The average molecular weight is 266 g/mol. The van der Waals surface area contributed by atoms with Crippen LogP contribution in [0, 0.1) is 0 Å². The molecule has 1 fully saturated rings. The Morgan fingerprint density at radius 1 is 1.47 bits per heavy atom. The van der Waals surface area contributed by atoms with Crippen molar-refractivity contribution < 1.29 is 14.6 Å². The largest absolute Gasteiger partial charge is 0.481 e. The molecular weight excluding hydrogens is 244 g/mol. The summed E-state index contributed by atoms with van der Waals surface area (Å²) < 4.78 is 7.50. The van der Waals surface area contributed by atoms with Crippen molar-refractivity contribution >= 4 is 5.97 Å². The number of methoxy groups -OCH3 is 1. The Kier molecular flexibility index (Phi) is 4.45. The Balaban J connectivity index is 2.30. The molecule has 19 heavy (non-hydrogen) atoms. The minimum absolute atomic E-state index is 0.125. The molecule has 1 heterocycles. The number of rotatable bonds is 6. The van der Waals surface area contributed by atoms with Crippen molar-refractivity contribution in [2.24, 2.45) is 0 Å². The van der Waals surface area contributed by atoms with Crippen LogP contribution in [0.2, 0.25) is 0 Å². The second-order valence-corrected chi connectivity index (χ2v) is 5.06. The Morgan fingerprint density at radius 3 is 2.68 bits per heavy atom. The zero-order valence-corrected chi connectivity index (χ0v) is 11.7. The van der Waals surface area contributed by atoms with Gasteiger partial charge in [-0.15, -0.1) is 0 Å². The molecule has 1 aliphatic rings. The van der Waals surface area contributed by atoms with Gasteiger partial charge in [-0.2, -0.15) is 5.10 Å². The molecule has 1 aliphatic carbocycles. The molecule has 0 amide bonds. The highest BCUT2D eigenvalue weighted by atomic mass is 16.5. The van der Waals surface area contributed by atoms with Crippen LogP contribution in [0.15, 0.2) is 0 Å². The Labute approximate surface area is 113 Å². The van der Waals surface area contributed by atoms with Crippen molar-refractivity contribution in [1.29, 1.82) is 0 Å². The SMILES string of the molecule is CCc1nn(C2CCCC2)c(OC)c1CCC(=O)O. The molecule has 5 nitrogen and oxygen atoms in total. The van der Waals surface area contributed by atoms with Gasteiger partial charge in [-0.25, -0.2) is 4.68 Å². The van der Waals surface area contributed by atoms with E-state index in [1.165, 1.54) is 12.8 Å². The Bertz CT molecular complexity index is 448. The summed E-state index contributed by atoms with van der Waals surface area (Å²) in [5, 5.41) is 13.5. The smallest absolute Gasteiger partial charge is 0.303 e. The fraction of sp³-hybridized carbons (Fsp3) is 0.714. The minimum Gasteiger partial charge on any atom is -0.481 e. The lowest BCUT2D eigenvalue weighted by atomic mass is 10.1. The summed E-state index contributed by atoms with van der Waals surface area (Å²) in [7, 11) is 1.65. The van der Waals surface area contributed by atoms with Gasteiger partial charge in [0.2, 0.25) is 5.88 Å². The van der Waals surface area contributed by atoms with E-state index in [4.69, 9.17) is 9.84 Å². The van der Waals surface area contributed by atoms with E-state index in [9.17, 15) is 4.79 Å². The number of hydrogen-bond donors (Lipinski definition) is 1. The molecule has 1 saturated carbocycles. The van der Waals surface area contributed by atoms with Gasteiger partial charge in [-0.3, -0.25) is 4.79 Å². The van der Waals surface area contributed by atoms with Crippen molar-refractivity contribution in [1.82, 2.24) is 9.78 Å². The monoisotopic (exact) mass is 266 g/mol. The number of carboxylic acids is 1. The molecule has 2 rings (SSSR count). The van der Waals surface area contributed by atoms with Crippen molar-refractivity contribution in [2.75, 3.05) is 7.11 Å². The van der Waals surface area contributed by atoms with E-state index in [1.54, 1.807) is 7.11 Å². The quantitative estimate of drug-likeness (QED) is 0.859. The van der Waals surface area contributed by atoms with Gasteiger partial charge in [0.05, 0.1) is 18.8 Å². The first kappa shape index (κ1) is 13.9. The van der Waals surface area contributed by atoms with E-state index < -0.39 is 5.97 Å². The van der Waals surface area contributed by atoms with E-state index in [1.807, 2.05) is 11.6 Å². The van der Waals surface area contributed by atoms with Crippen LogP contribution in [0.3, 0.4) is 0 Å². The molecule has 0 saturated heterocycles. The molecule has 0 radical (unpaired) electrons. The van der Waals surface area contributed by atoms with E-state index >= 15 is 0 Å². The van der Waals surface area contributed by atoms with Gasteiger partial charge in [-0.05, 0) is 25.7 Å². The zero-order chi connectivity index (χ0) is 13.8. The summed E-state index contributed by atoms with van der Waals surface area (Å²) >= 11 is 0. The standard InChI is InChI=1S/C14H22N2O3/c1-3-12-11(8-9-13(17)18)14(19-2)16(15-12)10-6-4-5-7-10/h10H,3-9H2,1-2H3,(H,17,18). The second-order valence-electron chi connectivity index (χ2n) is 5.06. The molecule has 1 N–H and O–H groups in total. The topological polar surface area (TPSA) is 64.4 Å². The van der Waals surface area contributed by atoms with Crippen LogP contribution >= 0.6 is 0 Å². The molecule has 0 aliphatic heterocycles. The number of aromatic nitrogens is 2. The third-order valence-corrected chi connectivity index (χ3v) is 3.83. The fourth-order valence-electron chi connectivity index (χ4n) is 2.88. The van der Waals surface area contributed by atoms with Crippen LogP contribution in [-0.2, 0) is 17.6 Å². The predicted octanol–water partition coefficient (Wildman–Crippen LogP) is 2.59. The summed E-state index contributed by atoms with van der Waals surface area (Å²) in [5.74, 6) is -0.0114. The lowest BCUT2D eigenvalue weighted by Gasteiger charge is -2.13. The van der Waals surface area contributed by atoms with Gasteiger partial charge in [0.25, 0.3) is 0 Å².